The van der Waals surface area contributed by atoms with Crippen molar-refractivity contribution in [3.63, 3.8) is 0 Å². The van der Waals surface area contributed by atoms with Gasteiger partial charge in [0.2, 0.25) is 5.88 Å². The summed E-state index contributed by atoms with van der Waals surface area (Å²) in [6.07, 6.45) is 0.0434. The third-order valence-electron chi connectivity index (χ3n) is 2.48. The van der Waals surface area contributed by atoms with Crippen molar-refractivity contribution in [2.75, 3.05) is 12.8 Å². The van der Waals surface area contributed by atoms with Crippen molar-refractivity contribution in [2.45, 2.75) is 29.9 Å². The van der Waals surface area contributed by atoms with Gasteiger partial charge in [0.15, 0.2) is 0 Å². The first-order chi connectivity index (χ1) is 9.58. The van der Waals surface area contributed by atoms with Gasteiger partial charge in [-0.05, 0) is 44.2 Å². The summed E-state index contributed by atoms with van der Waals surface area (Å²) in [6.45, 7) is 3.89. The van der Waals surface area contributed by atoms with E-state index in [0.29, 0.717) is 11.6 Å². The third kappa shape index (κ3) is 3.81. The standard InChI is InChI=1S/C15H18N2O2S/c1-10(2)19-15-13(16)7-8-14(17-15)20-12-6-4-5-11(9-12)18-3/h4-10H,16H2,1-3H3. The number of nitrogens with two attached hydrogens (primary N) is 1. The van der Waals surface area contributed by atoms with Crippen LogP contribution in [-0.4, -0.2) is 18.2 Å². The highest BCUT2D eigenvalue weighted by Gasteiger charge is 2.08. The topological polar surface area (TPSA) is 57.4 Å². The highest BCUT2D eigenvalue weighted by molar-refractivity contribution is 7.99. The normalized spacial score (nSPS) is 10.6. The van der Waals surface area contributed by atoms with Crippen molar-refractivity contribution in [1.82, 2.24) is 4.98 Å². The van der Waals surface area contributed by atoms with Crippen LogP contribution in [0.25, 0.3) is 0 Å². The first-order valence-corrected chi connectivity index (χ1v) is 7.15. The van der Waals surface area contributed by atoms with E-state index >= 15 is 0 Å². The van der Waals surface area contributed by atoms with E-state index in [2.05, 4.69) is 4.98 Å². The SMILES string of the molecule is COc1cccc(Sc2ccc(N)c(OC(C)C)n2)c1. The van der Waals surface area contributed by atoms with E-state index in [1.54, 1.807) is 18.9 Å². The Morgan fingerprint density at radius 3 is 2.70 bits per heavy atom. The van der Waals surface area contributed by atoms with Crippen LogP contribution < -0.4 is 15.2 Å². The number of nitrogens with zero attached hydrogens (tertiary/aromatic N) is 1. The van der Waals surface area contributed by atoms with Gasteiger partial charge in [-0.3, -0.25) is 0 Å². The van der Waals surface area contributed by atoms with Crippen molar-refractivity contribution in [1.29, 1.82) is 0 Å². The second-order valence-corrected chi connectivity index (χ2v) is 5.59. The molecule has 0 fully saturated rings. The summed E-state index contributed by atoms with van der Waals surface area (Å²) in [5, 5.41) is 0.836. The average Bonchev–Trinajstić information content (AvgIpc) is 2.42. The first-order valence-electron chi connectivity index (χ1n) is 6.33. The molecule has 0 bridgehead atoms. The zero-order valence-electron chi connectivity index (χ0n) is 11.8. The molecule has 0 saturated heterocycles. The number of hydrogen-bond acceptors (Lipinski definition) is 5. The number of rotatable bonds is 5. The summed E-state index contributed by atoms with van der Waals surface area (Å²) in [5.41, 5.74) is 6.41. The van der Waals surface area contributed by atoms with Crippen LogP contribution in [0.15, 0.2) is 46.3 Å². The van der Waals surface area contributed by atoms with Gasteiger partial charge in [-0.2, -0.15) is 0 Å². The van der Waals surface area contributed by atoms with Crippen LogP contribution in [0.3, 0.4) is 0 Å². The van der Waals surface area contributed by atoms with Crippen LogP contribution in [0, 0.1) is 0 Å². The summed E-state index contributed by atoms with van der Waals surface area (Å²) < 4.78 is 10.8. The van der Waals surface area contributed by atoms with Gasteiger partial charge >= 0.3 is 0 Å². The Kier molecular flexibility index (Phi) is 4.74. The molecule has 5 heteroatoms. The number of anilines is 1. The maximum Gasteiger partial charge on any atom is 0.238 e. The highest BCUT2D eigenvalue weighted by Crippen LogP contribution is 2.31. The summed E-state index contributed by atoms with van der Waals surface area (Å²) in [5.74, 6) is 1.30. The Morgan fingerprint density at radius 1 is 1.20 bits per heavy atom. The van der Waals surface area contributed by atoms with Gasteiger partial charge in [0.25, 0.3) is 0 Å². The lowest BCUT2D eigenvalue weighted by atomic mass is 10.3. The Bertz CT molecular complexity index is 588. The predicted octanol–water partition coefficient (Wildman–Crippen LogP) is 3.61. The van der Waals surface area contributed by atoms with Crippen molar-refractivity contribution in [2.24, 2.45) is 0 Å². The number of pyridine rings is 1. The maximum absolute atomic E-state index is 5.86. The van der Waals surface area contributed by atoms with Gasteiger partial charge in [-0.15, -0.1) is 0 Å². The van der Waals surface area contributed by atoms with Crippen LogP contribution in [0.5, 0.6) is 11.6 Å². The second-order valence-electron chi connectivity index (χ2n) is 4.49. The number of methoxy groups -OCH3 is 1. The highest BCUT2D eigenvalue weighted by atomic mass is 32.2. The number of hydrogen-bond donors (Lipinski definition) is 1. The van der Waals surface area contributed by atoms with E-state index in [9.17, 15) is 0 Å². The van der Waals surface area contributed by atoms with Gasteiger partial charge in [-0.25, -0.2) is 4.98 Å². The fraction of sp³-hybridized carbons (Fsp3) is 0.267. The second kappa shape index (κ2) is 6.52. The molecule has 4 nitrogen and oxygen atoms in total. The Hall–Kier alpha value is -1.88. The minimum atomic E-state index is 0.0434. The molecule has 2 rings (SSSR count). The molecule has 0 saturated carbocycles. The summed E-state index contributed by atoms with van der Waals surface area (Å²) >= 11 is 1.54. The fourth-order valence-corrected chi connectivity index (χ4v) is 2.42. The zero-order valence-corrected chi connectivity index (χ0v) is 12.6. The maximum atomic E-state index is 5.86. The molecule has 0 spiro atoms. The van der Waals surface area contributed by atoms with E-state index in [1.165, 1.54) is 0 Å². The molecule has 0 radical (unpaired) electrons. The van der Waals surface area contributed by atoms with E-state index in [4.69, 9.17) is 15.2 Å². The quantitative estimate of drug-likeness (QED) is 0.911. The third-order valence-corrected chi connectivity index (χ3v) is 3.40. The molecule has 1 aromatic heterocycles. The molecule has 2 aromatic rings. The number of benzene rings is 1. The lowest BCUT2D eigenvalue weighted by Crippen LogP contribution is -2.09. The van der Waals surface area contributed by atoms with Gasteiger partial charge in [0.05, 0.1) is 18.9 Å². The molecule has 0 unspecified atom stereocenters. The van der Waals surface area contributed by atoms with Crippen LogP contribution in [0.1, 0.15) is 13.8 Å². The average molecular weight is 290 g/mol. The molecule has 1 aromatic carbocycles. The van der Waals surface area contributed by atoms with Crippen molar-refractivity contribution >= 4 is 17.4 Å². The first kappa shape index (κ1) is 14.5. The van der Waals surface area contributed by atoms with Gasteiger partial charge in [0, 0.05) is 4.90 Å². The molecule has 0 atom stereocenters. The molecule has 0 aliphatic heterocycles. The van der Waals surface area contributed by atoms with E-state index in [1.807, 2.05) is 50.2 Å². The fourth-order valence-electron chi connectivity index (χ4n) is 1.59. The van der Waals surface area contributed by atoms with Crippen molar-refractivity contribution in [3.8, 4) is 11.6 Å². The molecular formula is C15H18N2O2S. The lowest BCUT2D eigenvalue weighted by Gasteiger charge is -2.12. The number of ether oxygens (including phenoxy) is 2. The van der Waals surface area contributed by atoms with Crippen molar-refractivity contribution in [3.05, 3.63) is 36.4 Å². The predicted molar refractivity (Wildman–Crippen MR) is 81.5 cm³/mol. The molecule has 0 aliphatic rings. The van der Waals surface area contributed by atoms with Crippen LogP contribution in [0.2, 0.25) is 0 Å². The molecule has 2 N–H and O–H groups in total. The van der Waals surface area contributed by atoms with Gasteiger partial charge < -0.3 is 15.2 Å². The molecule has 20 heavy (non-hydrogen) atoms. The number of nitrogen functional groups attached to an aromatic ring is 1. The molecule has 0 amide bonds. The molecular weight excluding hydrogens is 272 g/mol. The van der Waals surface area contributed by atoms with E-state index in [0.717, 1.165) is 15.7 Å². The van der Waals surface area contributed by atoms with E-state index < -0.39 is 0 Å². The summed E-state index contributed by atoms with van der Waals surface area (Å²) in [4.78, 5) is 5.49. The van der Waals surface area contributed by atoms with Gasteiger partial charge in [-0.1, -0.05) is 17.8 Å². The minimum absolute atomic E-state index is 0.0434. The largest absolute Gasteiger partial charge is 0.497 e. The smallest absolute Gasteiger partial charge is 0.238 e. The van der Waals surface area contributed by atoms with Crippen LogP contribution in [-0.2, 0) is 0 Å². The monoisotopic (exact) mass is 290 g/mol. The Labute approximate surface area is 123 Å². The Balaban J connectivity index is 2.20. The lowest BCUT2D eigenvalue weighted by molar-refractivity contribution is 0.232. The molecule has 106 valence electrons. The van der Waals surface area contributed by atoms with Crippen molar-refractivity contribution < 1.29 is 9.47 Å². The van der Waals surface area contributed by atoms with E-state index in [-0.39, 0.29) is 6.10 Å². The van der Waals surface area contributed by atoms with Gasteiger partial charge in [0.1, 0.15) is 10.8 Å². The number of aromatic nitrogens is 1. The molecule has 1 heterocycles. The van der Waals surface area contributed by atoms with Crippen LogP contribution >= 0.6 is 11.8 Å². The molecule has 0 aliphatic carbocycles. The minimum Gasteiger partial charge on any atom is -0.497 e. The Morgan fingerprint density at radius 2 is 2.00 bits per heavy atom. The zero-order chi connectivity index (χ0) is 14.5. The summed E-state index contributed by atoms with van der Waals surface area (Å²) in [7, 11) is 1.65. The van der Waals surface area contributed by atoms with Crippen LogP contribution in [0.4, 0.5) is 5.69 Å². The summed E-state index contributed by atoms with van der Waals surface area (Å²) in [6, 6.07) is 11.5.